The van der Waals surface area contributed by atoms with Crippen LogP contribution in [0.5, 0.6) is 5.75 Å². The van der Waals surface area contributed by atoms with Crippen LogP contribution in [0.2, 0.25) is 0 Å². The van der Waals surface area contributed by atoms with Gasteiger partial charge in [0.15, 0.2) is 5.96 Å². The maximum Gasteiger partial charge on any atom is 0.191 e. The maximum absolute atomic E-state index is 5.21. The Bertz CT molecular complexity index is 942. The van der Waals surface area contributed by atoms with E-state index in [1.165, 1.54) is 5.00 Å². The van der Waals surface area contributed by atoms with Gasteiger partial charge >= 0.3 is 0 Å². The molecule has 0 aliphatic carbocycles. The summed E-state index contributed by atoms with van der Waals surface area (Å²) in [7, 11) is 3.48. The molecular formula is C22H28N6OS. The molecule has 0 atom stereocenters. The number of hydrogen-bond acceptors (Lipinski definition) is 5. The molecule has 3 heterocycles. The van der Waals surface area contributed by atoms with Gasteiger partial charge in [0.1, 0.15) is 5.75 Å². The van der Waals surface area contributed by atoms with Gasteiger partial charge in [-0.05, 0) is 60.7 Å². The third kappa shape index (κ3) is 4.94. The lowest BCUT2D eigenvalue weighted by atomic mass is 10.1. The normalized spacial score (nSPS) is 15.3. The van der Waals surface area contributed by atoms with Crippen LogP contribution in [0.3, 0.4) is 0 Å². The second-order valence-corrected chi connectivity index (χ2v) is 8.16. The van der Waals surface area contributed by atoms with Crippen molar-refractivity contribution >= 4 is 22.3 Å². The van der Waals surface area contributed by atoms with Crippen LogP contribution < -0.4 is 20.3 Å². The van der Waals surface area contributed by atoms with Gasteiger partial charge < -0.3 is 20.3 Å². The van der Waals surface area contributed by atoms with Gasteiger partial charge in [0.2, 0.25) is 0 Å². The third-order valence-electron chi connectivity index (χ3n) is 5.30. The SMILES string of the molecule is CN=C(NCc1ccn(-c2ccc(OC)cc2)n1)NC1CCN(c2cccs2)CC1. The number of aromatic nitrogens is 2. The van der Waals surface area contributed by atoms with E-state index in [1.54, 1.807) is 7.11 Å². The van der Waals surface area contributed by atoms with Gasteiger partial charge in [-0.25, -0.2) is 4.68 Å². The van der Waals surface area contributed by atoms with Crippen LogP contribution in [0.25, 0.3) is 5.69 Å². The molecule has 158 valence electrons. The fourth-order valence-electron chi connectivity index (χ4n) is 3.59. The number of nitrogens with one attached hydrogen (secondary N) is 2. The van der Waals surface area contributed by atoms with E-state index >= 15 is 0 Å². The van der Waals surface area contributed by atoms with E-state index < -0.39 is 0 Å². The quantitative estimate of drug-likeness (QED) is 0.470. The molecule has 0 spiro atoms. The molecule has 8 heteroatoms. The summed E-state index contributed by atoms with van der Waals surface area (Å²) in [5, 5.41) is 15.1. The minimum Gasteiger partial charge on any atom is -0.497 e. The summed E-state index contributed by atoms with van der Waals surface area (Å²) in [5.41, 5.74) is 1.96. The Morgan fingerprint density at radius 3 is 2.67 bits per heavy atom. The summed E-state index contributed by atoms with van der Waals surface area (Å²) < 4.78 is 7.08. The van der Waals surface area contributed by atoms with Crippen molar-refractivity contribution in [3.8, 4) is 11.4 Å². The number of nitrogens with zero attached hydrogens (tertiary/aromatic N) is 4. The van der Waals surface area contributed by atoms with Crippen LogP contribution in [0.1, 0.15) is 18.5 Å². The van der Waals surface area contributed by atoms with Crippen LogP contribution in [0.4, 0.5) is 5.00 Å². The Balaban J connectivity index is 1.26. The zero-order valence-electron chi connectivity index (χ0n) is 17.4. The molecule has 30 heavy (non-hydrogen) atoms. The second-order valence-electron chi connectivity index (χ2n) is 7.23. The minimum atomic E-state index is 0.435. The van der Waals surface area contributed by atoms with Crippen molar-refractivity contribution in [1.29, 1.82) is 0 Å². The van der Waals surface area contributed by atoms with E-state index in [2.05, 4.69) is 43.1 Å². The molecule has 1 fully saturated rings. The molecular weight excluding hydrogens is 396 g/mol. The van der Waals surface area contributed by atoms with Gasteiger partial charge in [-0.1, -0.05) is 0 Å². The lowest BCUT2D eigenvalue weighted by Gasteiger charge is -2.33. The van der Waals surface area contributed by atoms with E-state index in [0.717, 1.165) is 49.0 Å². The monoisotopic (exact) mass is 424 g/mol. The molecule has 0 bridgehead atoms. The standard InChI is InChI=1S/C22H28N6OS/c1-23-22(25-17-9-12-27(13-10-17)21-4-3-15-30-21)24-16-18-11-14-28(26-18)19-5-7-20(29-2)8-6-19/h3-8,11,14-15,17H,9-10,12-13,16H2,1-2H3,(H2,23,24,25). The van der Waals surface area contributed by atoms with E-state index in [9.17, 15) is 0 Å². The van der Waals surface area contributed by atoms with Crippen molar-refractivity contribution in [3.63, 3.8) is 0 Å². The van der Waals surface area contributed by atoms with E-state index in [0.29, 0.717) is 12.6 Å². The number of methoxy groups -OCH3 is 1. The molecule has 0 saturated carbocycles. The molecule has 0 unspecified atom stereocenters. The Hall–Kier alpha value is -3.00. The molecule has 2 N–H and O–H groups in total. The second kappa shape index (κ2) is 9.67. The van der Waals surface area contributed by atoms with Crippen molar-refractivity contribution in [2.24, 2.45) is 4.99 Å². The number of aliphatic imine (C=N–C) groups is 1. The largest absolute Gasteiger partial charge is 0.497 e. The minimum absolute atomic E-state index is 0.435. The first-order valence-corrected chi connectivity index (χ1v) is 11.1. The Kier molecular flexibility index (Phi) is 6.53. The summed E-state index contributed by atoms with van der Waals surface area (Å²) in [6.07, 6.45) is 4.17. The highest BCUT2D eigenvalue weighted by Gasteiger charge is 2.20. The van der Waals surface area contributed by atoms with Crippen LogP contribution in [0, 0.1) is 0 Å². The van der Waals surface area contributed by atoms with Crippen molar-refractivity contribution in [3.05, 3.63) is 59.7 Å². The highest BCUT2D eigenvalue weighted by Crippen LogP contribution is 2.24. The first-order chi connectivity index (χ1) is 14.7. The summed E-state index contributed by atoms with van der Waals surface area (Å²) >= 11 is 1.81. The number of guanidine groups is 1. The average Bonchev–Trinajstić information content (AvgIpc) is 3.50. The zero-order valence-corrected chi connectivity index (χ0v) is 18.2. The smallest absolute Gasteiger partial charge is 0.191 e. The Labute approximate surface area is 181 Å². The van der Waals surface area contributed by atoms with Gasteiger partial charge in [-0.2, -0.15) is 5.10 Å². The number of rotatable bonds is 6. The van der Waals surface area contributed by atoms with Crippen LogP contribution in [-0.2, 0) is 6.54 Å². The van der Waals surface area contributed by atoms with E-state index in [1.807, 2.05) is 59.6 Å². The summed E-state index contributed by atoms with van der Waals surface area (Å²) in [5.74, 6) is 1.66. The average molecular weight is 425 g/mol. The highest BCUT2D eigenvalue weighted by molar-refractivity contribution is 7.14. The first kappa shape index (κ1) is 20.3. The maximum atomic E-state index is 5.21. The van der Waals surface area contributed by atoms with Crippen molar-refractivity contribution in [1.82, 2.24) is 20.4 Å². The van der Waals surface area contributed by atoms with Gasteiger partial charge in [-0.15, -0.1) is 11.3 Å². The molecule has 0 radical (unpaired) electrons. The lowest BCUT2D eigenvalue weighted by Crippen LogP contribution is -2.48. The molecule has 1 aliphatic rings. The van der Waals surface area contributed by atoms with Crippen LogP contribution in [0.15, 0.2) is 59.0 Å². The third-order valence-corrected chi connectivity index (χ3v) is 6.22. The number of ether oxygens (including phenoxy) is 1. The molecule has 0 amide bonds. The van der Waals surface area contributed by atoms with Crippen molar-refractivity contribution in [2.45, 2.75) is 25.4 Å². The molecule has 4 rings (SSSR count). The van der Waals surface area contributed by atoms with Gasteiger partial charge in [0.25, 0.3) is 0 Å². The molecule has 1 saturated heterocycles. The Morgan fingerprint density at radius 1 is 1.20 bits per heavy atom. The number of thiophene rings is 1. The van der Waals surface area contributed by atoms with Gasteiger partial charge in [0, 0.05) is 32.4 Å². The molecule has 3 aromatic rings. The van der Waals surface area contributed by atoms with E-state index in [-0.39, 0.29) is 0 Å². The molecule has 1 aliphatic heterocycles. The van der Waals surface area contributed by atoms with Crippen molar-refractivity contribution < 1.29 is 4.74 Å². The molecule has 7 nitrogen and oxygen atoms in total. The Morgan fingerprint density at radius 2 is 2.00 bits per heavy atom. The number of hydrogen-bond donors (Lipinski definition) is 2. The first-order valence-electron chi connectivity index (χ1n) is 10.2. The fourth-order valence-corrected chi connectivity index (χ4v) is 4.38. The lowest BCUT2D eigenvalue weighted by molar-refractivity contribution is 0.414. The number of piperidine rings is 1. The van der Waals surface area contributed by atoms with Crippen LogP contribution in [-0.4, -0.2) is 49.0 Å². The van der Waals surface area contributed by atoms with E-state index in [4.69, 9.17) is 4.74 Å². The number of benzene rings is 1. The summed E-state index contributed by atoms with van der Waals surface area (Å²) in [4.78, 5) is 6.85. The molecule has 2 aromatic heterocycles. The zero-order chi connectivity index (χ0) is 20.8. The fraction of sp³-hybridized carbons (Fsp3) is 0.364. The summed E-state index contributed by atoms with van der Waals surface area (Å²) in [6.45, 7) is 2.76. The molecule has 1 aromatic carbocycles. The number of anilines is 1. The topological polar surface area (TPSA) is 66.7 Å². The van der Waals surface area contributed by atoms with Gasteiger partial charge in [-0.3, -0.25) is 4.99 Å². The predicted octanol–water partition coefficient (Wildman–Crippen LogP) is 3.28. The van der Waals surface area contributed by atoms with Crippen molar-refractivity contribution in [2.75, 3.05) is 32.1 Å². The predicted molar refractivity (Wildman–Crippen MR) is 123 cm³/mol. The summed E-state index contributed by atoms with van der Waals surface area (Å²) in [6, 6.07) is 14.6. The highest BCUT2D eigenvalue weighted by atomic mass is 32.1. The van der Waals surface area contributed by atoms with Crippen LogP contribution >= 0.6 is 11.3 Å². The van der Waals surface area contributed by atoms with Gasteiger partial charge in [0.05, 0.1) is 30.0 Å².